The second kappa shape index (κ2) is 5.87. The van der Waals surface area contributed by atoms with Crippen molar-refractivity contribution in [1.29, 1.82) is 0 Å². The first-order chi connectivity index (χ1) is 8.31. The van der Waals surface area contributed by atoms with Crippen LogP contribution < -0.4 is 11.5 Å². The first-order valence-electron chi connectivity index (χ1n) is 6.37. The standard InChI is InChI=1S/C13H21N3O/c14-8-2-5-11-10(12-6-3-9-17-12)4-1-7-13(15)16-11/h3,6,9-11H,1-2,4-5,7-8,14H2,(H2,15,16). The van der Waals surface area contributed by atoms with Crippen LogP contribution in [0.25, 0.3) is 0 Å². The summed E-state index contributed by atoms with van der Waals surface area (Å²) >= 11 is 0. The Morgan fingerprint density at radius 3 is 3.06 bits per heavy atom. The molecule has 0 fully saturated rings. The Balaban J connectivity index is 2.15. The van der Waals surface area contributed by atoms with Crippen molar-refractivity contribution < 1.29 is 4.42 Å². The Labute approximate surface area is 102 Å². The molecule has 1 aliphatic heterocycles. The Bertz CT molecular complexity index is 359. The van der Waals surface area contributed by atoms with Gasteiger partial charge in [0.1, 0.15) is 5.76 Å². The van der Waals surface area contributed by atoms with Crippen LogP contribution in [-0.2, 0) is 0 Å². The maximum Gasteiger partial charge on any atom is 0.108 e. The van der Waals surface area contributed by atoms with Crippen LogP contribution in [0.1, 0.15) is 43.8 Å². The van der Waals surface area contributed by atoms with Gasteiger partial charge in [0.25, 0.3) is 0 Å². The van der Waals surface area contributed by atoms with Gasteiger partial charge in [0.05, 0.1) is 18.1 Å². The van der Waals surface area contributed by atoms with Gasteiger partial charge in [-0.1, -0.05) is 0 Å². The lowest BCUT2D eigenvalue weighted by molar-refractivity contribution is 0.387. The minimum absolute atomic E-state index is 0.229. The number of amidine groups is 1. The van der Waals surface area contributed by atoms with Crippen LogP contribution in [0.5, 0.6) is 0 Å². The number of hydrogen-bond acceptors (Lipinski definition) is 4. The zero-order valence-corrected chi connectivity index (χ0v) is 10.1. The molecule has 0 aromatic carbocycles. The quantitative estimate of drug-likeness (QED) is 0.838. The first kappa shape index (κ1) is 12.2. The zero-order chi connectivity index (χ0) is 12.1. The van der Waals surface area contributed by atoms with Gasteiger partial charge in [-0.15, -0.1) is 0 Å². The molecule has 94 valence electrons. The van der Waals surface area contributed by atoms with Gasteiger partial charge in [-0.2, -0.15) is 0 Å². The maximum atomic E-state index is 5.90. The van der Waals surface area contributed by atoms with Crippen LogP contribution in [0.2, 0.25) is 0 Å². The lowest BCUT2D eigenvalue weighted by Gasteiger charge is -2.20. The van der Waals surface area contributed by atoms with Gasteiger partial charge in [-0.05, 0) is 44.4 Å². The molecule has 0 bridgehead atoms. The van der Waals surface area contributed by atoms with E-state index in [1.807, 2.05) is 12.1 Å². The van der Waals surface area contributed by atoms with Crippen LogP contribution in [0, 0.1) is 0 Å². The molecule has 0 spiro atoms. The van der Waals surface area contributed by atoms with Crippen molar-refractivity contribution in [2.45, 2.75) is 44.1 Å². The fourth-order valence-corrected chi connectivity index (χ4v) is 2.49. The Morgan fingerprint density at radius 1 is 1.47 bits per heavy atom. The van der Waals surface area contributed by atoms with Crippen molar-refractivity contribution in [3.63, 3.8) is 0 Å². The molecule has 2 unspecified atom stereocenters. The molecule has 17 heavy (non-hydrogen) atoms. The van der Waals surface area contributed by atoms with Crippen molar-refractivity contribution in [3.05, 3.63) is 24.2 Å². The summed E-state index contributed by atoms with van der Waals surface area (Å²) in [6, 6.07) is 4.21. The van der Waals surface area contributed by atoms with E-state index in [2.05, 4.69) is 4.99 Å². The molecule has 0 radical (unpaired) electrons. The molecular weight excluding hydrogens is 214 g/mol. The molecule has 1 aromatic heterocycles. The van der Waals surface area contributed by atoms with Crippen molar-refractivity contribution >= 4 is 5.84 Å². The second-order valence-electron chi connectivity index (χ2n) is 4.63. The molecule has 2 heterocycles. The zero-order valence-electron chi connectivity index (χ0n) is 10.1. The number of hydrogen-bond donors (Lipinski definition) is 2. The van der Waals surface area contributed by atoms with E-state index in [1.165, 1.54) is 0 Å². The maximum absolute atomic E-state index is 5.90. The topological polar surface area (TPSA) is 77.5 Å². The van der Waals surface area contributed by atoms with Crippen LogP contribution in [0.3, 0.4) is 0 Å². The SMILES string of the molecule is NCCCC1N=C(N)CCCC1c1ccco1. The molecule has 0 saturated heterocycles. The number of furan rings is 1. The van der Waals surface area contributed by atoms with E-state index in [9.17, 15) is 0 Å². The van der Waals surface area contributed by atoms with Gasteiger partial charge in [0.15, 0.2) is 0 Å². The van der Waals surface area contributed by atoms with Crippen molar-refractivity contribution in [2.24, 2.45) is 16.5 Å². The highest BCUT2D eigenvalue weighted by atomic mass is 16.3. The third-order valence-corrected chi connectivity index (χ3v) is 3.36. The predicted molar refractivity (Wildman–Crippen MR) is 69.0 cm³/mol. The summed E-state index contributed by atoms with van der Waals surface area (Å²) in [5.41, 5.74) is 11.5. The normalized spacial score (nSPS) is 25.4. The average Bonchev–Trinajstić information content (AvgIpc) is 2.78. The lowest BCUT2D eigenvalue weighted by atomic mass is 9.90. The van der Waals surface area contributed by atoms with E-state index in [-0.39, 0.29) is 6.04 Å². The third-order valence-electron chi connectivity index (χ3n) is 3.36. The molecule has 1 aliphatic rings. The van der Waals surface area contributed by atoms with E-state index in [1.54, 1.807) is 6.26 Å². The van der Waals surface area contributed by atoms with E-state index < -0.39 is 0 Å². The summed E-state index contributed by atoms with van der Waals surface area (Å²) in [7, 11) is 0. The summed E-state index contributed by atoms with van der Waals surface area (Å²) in [6.07, 6.45) is 6.78. The summed E-state index contributed by atoms with van der Waals surface area (Å²) in [5.74, 6) is 2.17. The summed E-state index contributed by atoms with van der Waals surface area (Å²) < 4.78 is 5.53. The molecule has 2 rings (SSSR count). The highest BCUT2D eigenvalue weighted by Crippen LogP contribution is 2.32. The third kappa shape index (κ3) is 3.09. The fourth-order valence-electron chi connectivity index (χ4n) is 2.49. The van der Waals surface area contributed by atoms with Crippen LogP contribution in [-0.4, -0.2) is 18.4 Å². The molecule has 0 amide bonds. The number of nitrogens with zero attached hydrogens (tertiary/aromatic N) is 1. The highest BCUT2D eigenvalue weighted by Gasteiger charge is 2.26. The average molecular weight is 235 g/mol. The second-order valence-corrected chi connectivity index (χ2v) is 4.63. The number of nitrogens with two attached hydrogens (primary N) is 2. The van der Waals surface area contributed by atoms with E-state index in [0.29, 0.717) is 12.5 Å². The highest BCUT2D eigenvalue weighted by molar-refractivity contribution is 5.80. The summed E-state index contributed by atoms with van der Waals surface area (Å²) in [6.45, 7) is 0.705. The van der Waals surface area contributed by atoms with Gasteiger partial charge in [-0.25, -0.2) is 0 Å². The van der Waals surface area contributed by atoms with Crippen LogP contribution in [0.15, 0.2) is 27.8 Å². The molecule has 4 N–H and O–H groups in total. The first-order valence-corrected chi connectivity index (χ1v) is 6.37. The summed E-state index contributed by atoms with van der Waals surface area (Å²) in [5, 5.41) is 0. The summed E-state index contributed by atoms with van der Waals surface area (Å²) in [4.78, 5) is 4.63. The van der Waals surface area contributed by atoms with E-state index >= 15 is 0 Å². The van der Waals surface area contributed by atoms with Gasteiger partial charge in [0.2, 0.25) is 0 Å². The minimum atomic E-state index is 0.229. The molecular formula is C13H21N3O. The minimum Gasteiger partial charge on any atom is -0.469 e. The van der Waals surface area contributed by atoms with E-state index in [4.69, 9.17) is 15.9 Å². The van der Waals surface area contributed by atoms with Crippen molar-refractivity contribution in [3.8, 4) is 0 Å². The molecule has 2 atom stereocenters. The number of rotatable bonds is 4. The Kier molecular flexibility index (Phi) is 4.20. The molecule has 4 heteroatoms. The van der Waals surface area contributed by atoms with Gasteiger partial charge in [-0.3, -0.25) is 4.99 Å². The fraction of sp³-hybridized carbons (Fsp3) is 0.615. The van der Waals surface area contributed by atoms with Crippen molar-refractivity contribution in [2.75, 3.05) is 6.54 Å². The molecule has 4 nitrogen and oxygen atoms in total. The molecule has 0 aliphatic carbocycles. The largest absolute Gasteiger partial charge is 0.469 e. The number of aliphatic imine (C=N–C) groups is 1. The predicted octanol–water partition coefficient (Wildman–Crippen LogP) is 2.01. The van der Waals surface area contributed by atoms with Crippen LogP contribution >= 0.6 is 0 Å². The van der Waals surface area contributed by atoms with Crippen LogP contribution in [0.4, 0.5) is 0 Å². The Hall–Kier alpha value is -1.29. The van der Waals surface area contributed by atoms with Gasteiger partial charge < -0.3 is 15.9 Å². The Morgan fingerprint density at radius 2 is 2.35 bits per heavy atom. The molecule has 1 aromatic rings. The monoisotopic (exact) mass is 235 g/mol. The molecule has 0 saturated carbocycles. The smallest absolute Gasteiger partial charge is 0.108 e. The van der Waals surface area contributed by atoms with E-state index in [0.717, 1.165) is 43.7 Å². The van der Waals surface area contributed by atoms with Gasteiger partial charge >= 0.3 is 0 Å². The lowest BCUT2D eigenvalue weighted by Crippen LogP contribution is -2.20. The van der Waals surface area contributed by atoms with Crippen molar-refractivity contribution in [1.82, 2.24) is 0 Å². The van der Waals surface area contributed by atoms with Gasteiger partial charge in [0, 0.05) is 12.3 Å².